The Labute approximate surface area is 150 Å². The lowest BCUT2D eigenvalue weighted by molar-refractivity contribution is 0.00578. The van der Waals surface area contributed by atoms with Gasteiger partial charge in [0.25, 0.3) is 5.91 Å². The van der Waals surface area contributed by atoms with Gasteiger partial charge in [0, 0.05) is 12.6 Å². The molecule has 1 fully saturated rings. The molecule has 1 aliphatic heterocycles. The third kappa shape index (κ3) is 4.38. The summed E-state index contributed by atoms with van der Waals surface area (Å²) in [5, 5.41) is 2.80. The smallest absolute Gasteiger partial charge is 0.399 e. The van der Waals surface area contributed by atoms with Gasteiger partial charge in [-0.2, -0.15) is 0 Å². The standard InChI is InChI=1S/C19H27BN2O3/c1-13(2)12-16(21-7)22-17(23)14-8-10-15(11-9-14)20-24-18(3,4)19(5,6)25-20/h8-12H,1-7H3,(H,21,22,23). The first-order chi connectivity index (χ1) is 11.6. The highest BCUT2D eigenvalue weighted by atomic mass is 16.7. The number of amidine groups is 1. The molecule has 0 aliphatic carbocycles. The van der Waals surface area contributed by atoms with Gasteiger partial charge < -0.3 is 14.6 Å². The minimum Gasteiger partial charge on any atom is -0.399 e. The van der Waals surface area contributed by atoms with Gasteiger partial charge in [-0.25, -0.2) is 0 Å². The second-order valence-electron chi connectivity index (χ2n) is 7.49. The number of carbonyl (C=O) groups is 1. The van der Waals surface area contributed by atoms with E-state index in [0.29, 0.717) is 11.4 Å². The quantitative estimate of drug-likeness (QED) is 0.522. The fourth-order valence-corrected chi connectivity index (χ4v) is 2.39. The largest absolute Gasteiger partial charge is 0.494 e. The summed E-state index contributed by atoms with van der Waals surface area (Å²) in [6.45, 7) is 12.0. The Kier molecular flexibility index (Phi) is 5.54. The highest BCUT2D eigenvalue weighted by Crippen LogP contribution is 2.36. The van der Waals surface area contributed by atoms with E-state index in [2.05, 4.69) is 10.3 Å². The average Bonchev–Trinajstić information content (AvgIpc) is 2.74. The van der Waals surface area contributed by atoms with Crippen LogP contribution in [0.3, 0.4) is 0 Å². The summed E-state index contributed by atoms with van der Waals surface area (Å²) in [5.74, 6) is 0.346. The van der Waals surface area contributed by atoms with E-state index in [1.807, 2.05) is 59.8 Å². The van der Waals surface area contributed by atoms with Gasteiger partial charge in [0.05, 0.1) is 11.2 Å². The fraction of sp³-hybridized carbons (Fsp3) is 0.474. The number of nitrogens with zero attached hydrogens (tertiary/aromatic N) is 1. The van der Waals surface area contributed by atoms with Crippen molar-refractivity contribution in [1.29, 1.82) is 0 Å². The highest BCUT2D eigenvalue weighted by Gasteiger charge is 2.51. The van der Waals surface area contributed by atoms with E-state index in [1.54, 1.807) is 19.2 Å². The van der Waals surface area contributed by atoms with Gasteiger partial charge in [0.2, 0.25) is 0 Å². The van der Waals surface area contributed by atoms with E-state index in [0.717, 1.165) is 11.0 Å². The molecule has 0 saturated carbocycles. The second kappa shape index (κ2) is 7.14. The van der Waals surface area contributed by atoms with Crippen molar-refractivity contribution < 1.29 is 14.1 Å². The van der Waals surface area contributed by atoms with Crippen molar-refractivity contribution in [3.05, 3.63) is 41.5 Å². The SMILES string of the molecule is CN=C(C=C(C)C)NC(=O)c1ccc(B2OC(C)(C)C(C)(C)O2)cc1. The van der Waals surface area contributed by atoms with E-state index < -0.39 is 7.12 Å². The molecule has 0 unspecified atom stereocenters. The molecule has 134 valence electrons. The first-order valence-corrected chi connectivity index (χ1v) is 8.44. The minimum absolute atomic E-state index is 0.196. The summed E-state index contributed by atoms with van der Waals surface area (Å²) in [6, 6.07) is 7.26. The third-order valence-corrected chi connectivity index (χ3v) is 4.61. The summed E-state index contributed by atoms with van der Waals surface area (Å²) < 4.78 is 12.1. The van der Waals surface area contributed by atoms with Crippen molar-refractivity contribution in [3.8, 4) is 0 Å². The molecule has 25 heavy (non-hydrogen) atoms. The monoisotopic (exact) mass is 342 g/mol. The van der Waals surface area contributed by atoms with E-state index in [4.69, 9.17) is 9.31 Å². The average molecular weight is 342 g/mol. The van der Waals surface area contributed by atoms with E-state index >= 15 is 0 Å². The molecule has 2 rings (SSSR count). The molecule has 1 aromatic rings. The fourth-order valence-electron chi connectivity index (χ4n) is 2.39. The topological polar surface area (TPSA) is 59.9 Å². The molecule has 1 amide bonds. The second-order valence-corrected chi connectivity index (χ2v) is 7.49. The van der Waals surface area contributed by atoms with Crippen LogP contribution in [0.2, 0.25) is 0 Å². The Bertz CT molecular complexity index is 686. The Balaban J connectivity index is 2.10. The molecule has 6 heteroatoms. The van der Waals surface area contributed by atoms with Gasteiger partial charge in [-0.15, -0.1) is 0 Å². The maximum Gasteiger partial charge on any atom is 0.494 e. The van der Waals surface area contributed by atoms with Crippen LogP contribution in [0.25, 0.3) is 0 Å². The Morgan fingerprint density at radius 1 is 1.08 bits per heavy atom. The number of rotatable bonds is 3. The Hall–Kier alpha value is -1.92. The maximum atomic E-state index is 12.4. The first kappa shape index (κ1) is 19.4. The molecule has 1 aromatic carbocycles. The zero-order chi connectivity index (χ0) is 18.8. The molecule has 0 bridgehead atoms. The Morgan fingerprint density at radius 3 is 2.04 bits per heavy atom. The number of amides is 1. The number of hydrogen-bond donors (Lipinski definition) is 1. The summed E-state index contributed by atoms with van der Waals surface area (Å²) in [4.78, 5) is 16.4. The van der Waals surface area contributed by atoms with Crippen LogP contribution in [0.1, 0.15) is 51.9 Å². The van der Waals surface area contributed by atoms with Gasteiger partial charge in [0.15, 0.2) is 0 Å². The summed E-state index contributed by atoms with van der Waals surface area (Å²) >= 11 is 0. The summed E-state index contributed by atoms with van der Waals surface area (Å²) in [6.07, 6.45) is 1.83. The molecule has 0 radical (unpaired) electrons. The van der Waals surface area contributed by atoms with Crippen LogP contribution in [-0.2, 0) is 9.31 Å². The molecule has 0 aromatic heterocycles. The molecule has 0 spiro atoms. The van der Waals surface area contributed by atoms with Crippen LogP contribution in [0.15, 0.2) is 40.9 Å². The lowest BCUT2D eigenvalue weighted by Gasteiger charge is -2.32. The van der Waals surface area contributed by atoms with Gasteiger partial charge >= 0.3 is 7.12 Å². The van der Waals surface area contributed by atoms with Crippen molar-refractivity contribution in [2.75, 3.05) is 7.05 Å². The van der Waals surface area contributed by atoms with Crippen molar-refractivity contribution in [2.24, 2.45) is 4.99 Å². The van der Waals surface area contributed by atoms with Gasteiger partial charge in [-0.1, -0.05) is 17.7 Å². The molecule has 1 saturated heterocycles. The zero-order valence-corrected chi connectivity index (χ0v) is 16.1. The van der Waals surface area contributed by atoms with Gasteiger partial charge in [0.1, 0.15) is 5.84 Å². The predicted molar refractivity (Wildman–Crippen MR) is 102 cm³/mol. The number of benzene rings is 1. The van der Waals surface area contributed by atoms with Crippen molar-refractivity contribution in [1.82, 2.24) is 5.32 Å². The summed E-state index contributed by atoms with van der Waals surface area (Å²) in [7, 11) is 1.22. The lowest BCUT2D eigenvalue weighted by atomic mass is 9.79. The number of hydrogen-bond acceptors (Lipinski definition) is 4. The zero-order valence-electron chi connectivity index (χ0n) is 16.1. The molecular formula is C19H27BN2O3. The van der Waals surface area contributed by atoms with Gasteiger partial charge in [-0.3, -0.25) is 9.79 Å². The maximum absolute atomic E-state index is 12.4. The van der Waals surface area contributed by atoms with Gasteiger partial charge in [-0.05, 0) is 65.2 Å². The van der Waals surface area contributed by atoms with E-state index in [9.17, 15) is 4.79 Å². The normalized spacial score (nSPS) is 18.8. The molecule has 1 heterocycles. The van der Waals surface area contributed by atoms with Crippen LogP contribution in [-0.4, -0.2) is 37.1 Å². The summed E-state index contributed by atoms with van der Waals surface area (Å²) in [5.41, 5.74) is 1.75. The number of carbonyl (C=O) groups excluding carboxylic acids is 1. The van der Waals surface area contributed by atoms with Crippen molar-refractivity contribution >= 4 is 24.3 Å². The minimum atomic E-state index is -0.430. The van der Waals surface area contributed by atoms with Crippen LogP contribution < -0.4 is 10.8 Å². The number of aliphatic imine (C=N–C) groups is 1. The number of allylic oxidation sites excluding steroid dienone is 1. The molecule has 0 atom stereocenters. The van der Waals surface area contributed by atoms with E-state index in [1.165, 1.54) is 0 Å². The molecule has 1 aliphatic rings. The number of nitrogens with one attached hydrogen (secondary N) is 1. The van der Waals surface area contributed by atoms with Crippen molar-refractivity contribution in [2.45, 2.75) is 52.7 Å². The highest BCUT2D eigenvalue weighted by molar-refractivity contribution is 6.62. The lowest BCUT2D eigenvalue weighted by Crippen LogP contribution is -2.41. The predicted octanol–water partition coefficient (Wildman–Crippen LogP) is 2.71. The van der Waals surface area contributed by atoms with Crippen LogP contribution in [0.5, 0.6) is 0 Å². The Morgan fingerprint density at radius 2 is 1.60 bits per heavy atom. The first-order valence-electron chi connectivity index (χ1n) is 8.44. The molecule has 1 N–H and O–H groups in total. The molecular weight excluding hydrogens is 315 g/mol. The molecule has 5 nitrogen and oxygen atoms in total. The van der Waals surface area contributed by atoms with Crippen LogP contribution >= 0.6 is 0 Å². The third-order valence-electron chi connectivity index (χ3n) is 4.61. The van der Waals surface area contributed by atoms with E-state index in [-0.39, 0.29) is 17.1 Å². The van der Waals surface area contributed by atoms with Crippen LogP contribution in [0.4, 0.5) is 0 Å². The van der Waals surface area contributed by atoms with Crippen LogP contribution in [0, 0.1) is 0 Å². The van der Waals surface area contributed by atoms with Crippen molar-refractivity contribution in [3.63, 3.8) is 0 Å².